The molecule has 0 radical (unpaired) electrons. The van der Waals surface area contributed by atoms with Gasteiger partial charge in [-0.3, -0.25) is 0 Å². The zero-order valence-corrected chi connectivity index (χ0v) is 17.2. The topological polar surface area (TPSA) is 65.7 Å². The Morgan fingerprint density at radius 2 is 1.90 bits per heavy atom. The van der Waals surface area contributed by atoms with E-state index in [9.17, 15) is 9.47 Å². The van der Waals surface area contributed by atoms with E-state index in [1.165, 1.54) is 18.4 Å². The first-order valence-corrected chi connectivity index (χ1v) is 11.4. The minimum atomic E-state index is -1.10. The molecule has 1 atom stereocenters. The molecule has 3 heterocycles. The number of hydrogen-bond acceptors (Lipinski definition) is 4. The number of hydrogen-bond donors (Lipinski definition) is 0. The third kappa shape index (κ3) is 3.05. The van der Waals surface area contributed by atoms with Gasteiger partial charge in [0.2, 0.25) is 0 Å². The highest BCUT2D eigenvalue weighted by atomic mass is 32.2. The molecule has 2 aromatic rings. The van der Waals surface area contributed by atoms with Crippen molar-refractivity contribution in [3.05, 3.63) is 59.2 Å². The normalized spacial score (nSPS) is 27.7. The maximum Gasteiger partial charge on any atom is 0.142 e. The smallest absolute Gasteiger partial charge is 0.142 e. The first-order chi connectivity index (χ1) is 14.1. The third-order valence-electron chi connectivity index (χ3n) is 6.62. The minimum absolute atomic E-state index is 0.124. The Bertz CT molecular complexity index is 1050. The van der Waals surface area contributed by atoms with Gasteiger partial charge in [0.25, 0.3) is 0 Å². The van der Waals surface area contributed by atoms with E-state index in [1.54, 1.807) is 6.07 Å². The summed E-state index contributed by atoms with van der Waals surface area (Å²) in [6.45, 7) is 2.77. The summed E-state index contributed by atoms with van der Waals surface area (Å²) < 4.78 is 22.7. The molecule has 4 aliphatic rings. The summed E-state index contributed by atoms with van der Waals surface area (Å²) in [5.41, 5.74) is 2.67. The number of fused-ring (bicyclic) bond motifs is 2. The van der Waals surface area contributed by atoms with Crippen LogP contribution in [0.2, 0.25) is 0 Å². The quantitative estimate of drug-likeness (QED) is 0.766. The fraction of sp³-hybridized carbons (Fsp3) is 0.391. The van der Waals surface area contributed by atoms with E-state index in [-0.39, 0.29) is 5.41 Å². The molecule has 0 spiro atoms. The van der Waals surface area contributed by atoms with E-state index in [2.05, 4.69) is 27.5 Å². The number of amidine groups is 1. The van der Waals surface area contributed by atoms with Crippen LogP contribution in [-0.4, -0.2) is 33.3 Å². The predicted molar refractivity (Wildman–Crippen MR) is 113 cm³/mol. The standard InChI is InChI=1S/C23H23N3O2S/c1-16-2-5-21(14-17(16)15-24)28-20-6-3-18(4-7-20)23-10-8-19(9-11-23)26-12-13-29(27)25-22(23)26/h2-7,14,19H,8-13H2,1H3. The molecular weight excluding hydrogens is 382 g/mol. The van der Waals surface area contributed by atoms with Crippen LogP contribution >= 0.6 is 0 Å². The number of ether oxygens (including phenoxy) is 1. The second-order valence-electron chi connectivity index (χ2n) is 8.16. The van der Waals surface area contributed by atoms with Crippen LogP contribution in [0.3, 0.4) is 0 Å². The lowest BCUT2D eigenvalue weighted by Crippen LogP contribution is -2.62. The van der Waals surface area contributed by atoms with Crippen molar-refractivity contribution in [3.63, 3.8) is 0 Å². The molecule has 3 fully saturated rings. The molecule has 2 saturated heterocycles. The predicted octanol–water partition coefficient (Wildman–Crippen LogP) is 4.23. The van der Waals surface area contributed by atoms with Gasteiger partial charge in [0.05, 0.1) is 22.8 Å². The fourth-order valence-electron chi connectivity index (χ4n) is 5.01. The molecule has 1 saturated carbocycles. The second-order valence-corrected chi connectivity index (χ2v) is 9.40. The molecule has 0 amide bonds. The van der Waals surface area contributed by atoms with Crippen LogP contribution in [0, 0.1) is 18.3 Å². The highest BCUT2D eigenvalue weighted by Gasteiger charge is 2.51. The molecule has 5 nitrogen and oxygen atoms in total. The molecule has 6 heteroatoms. The SMILES string of the molecule is Cc1ccc(Oc2ccc(C34CCC(CC3)N3CCS(=O)N=C34)cc2)cc1C#N. The lowest BCUT2D eigenvalue weighted by atomic mass is 9.63. The Kier molecular flexibility index (Phi) is 4.44. The van der Waals surface area contributed by atoms with Gasteiger partial charge in [-0.25, -0.2) is 4.21 Å². The first-order valence-electron chi connectivity index (χ1n) is 10.1. The zero-order valence-electron chi connectivity index (χ0n) is 16.4. The summed E-state index contributed by atoms with van der Waals surface area (Å²) in [7, 11) is -1.10. The molecule has 1 unspecified atom stereocenters. The van der Waals surface area contributed by atoms with Crippen LogP contribution in [0.25, 0.3) is 0 Å². The van der Waals surface area contributed by atoms with Crippen molar-refractivity contribution in [2.24, 2.45) is 4.40 Å². The summed E-state index contributed by atoms with van der Waals surface area (Å²) in [6, 6.07) is 16.5. The molecule has 2 aromatic carbocycles. The van der Waals surface area contributed by atoms with E-state index in [1.807, 2.05) is 31.2 Å². The zero-order chi connectivity index (χ0) is 20.0. The van der Waals surface area contributed by atoms with Crippen molar-refractivity contribution in [2.45, 2.75) is 44.1 Å². The maximum atomic E-state index is 12.2. The first kappa shape index (κ1) is 18.4. The van der Waals surface area contributed by atoms with Crippen LogP contribution in [0.4, 0.5) is 0 Å². The summed E-state index contributed by atoms with van der Waals surface area (Å²) in [4.78, 5) is 2.41. The van der Waals surface area contributed by atoms with E-state index in [0.717, 1.165) is 36.5 Å². The Hall–Kier alpha value is -2.65. The molecule has 0 N–H and O–H groups in total. The van der Waals surface area contributed by atoms with Gasteiger partial charge in [-0.15, -0.1) is 0 Å². The number of rotatable bonds is 3. The Labute approximate surface area is 173 Å². The van der Waals surface area contributed by atoms with Gasteiger partial charge in [0, 0.05) is 12.6 Å². The molecule has 0 aromatic heterocycles. The van der Waals surface area contributed by atoms with Gasteiger partial charge in [-0.1, -0.05) is 18.2 Å². The molecule has 3 aliphatic heterocycles. The largest absolute Gasteiger partial charge is 0.457 e. The molecular formula is C23H23N3O2S. The second kappa shape index (κ2) is 7.00. The Morgan fingerprint density at radius 3 is 2.62 bits per heavy atom. The van der Waals surface area contributed by atoms with Crippen LogP contribution in [0.5, 0.6) is 11.5 Å². The van der Waals surface area contributed by atoms with Crippen LogP contribution in [-0.2, 0) is 16.4 Å². The molecule has 29 heavy (non-hydrogen) atoms. The number of piperidine rings is 2. The van der Waals surface area contributed by atoms with Crippen molar-refractivity contribution in [1.29, 1.82) is 5.26 Å². The summed E-state index contributed by atoms with van der Waals surface area (Å²) in [6.07, 6.45) is 4.47. The number of nitrogens with zero attached hydrogens (tertiary/aromatic N) is 3. The minimum Gasteiger partial charge on any atom is -0.457 e. The average molecular weight is 406 g/mol. The number of aryl methyl sites for hydroxylation is 1. The monoisotopic (exact) mass is 405 g/mol. The number of nitriles is 1. The lowest BCUT2D eigenvalue weighted by Gasteiger charge is -2.55. The van der Waals surface area contributed by atoms with Crippen LogP contribution in [0.15, 0.2) is 46.9 Å². The van der Waals surface area contributed by atoms with Gasteiger partial charge in [0.1, 0.15) is 28.3 Å². The van der Waals surface area contributed by atoms with Gasteiger partial charge in [0.15, 0.2) is 0 Å². The summed E-state index contributed by atoms with van der Waals surface area (Å²) in [5.74, 6) is 3.09. The van der Waals surface area contributed by atoms with E-state index in [4.69, 9.17) is 4.74 Å². The maximum absolute atomic E-state index is 12.2. The van der Waals surface area contributed by atoms with E-state index >= 15 is 0 Å². The highest BCUT2D eigenvalue weighted by molar-refractivity contribution is 7.83. The highest BCUT2D eigenvalue weighted by Crippen LogP contribution is 2.49. The third-order valence-corrected chi connectivity index (χ3v) is 7.53. The van der Waals surface area contributed by atoms with Crippen molar-refractivity contribution in [3.8, 4) is 17.6 Å². The fourth-order valence-corrected chi connectivity index (χ4v) is 5.92. The molecule has 6 rings (SSSR count). The summed E-state index contributed by atoms with van der Waals surface area (Å²) >= 11 is 0. The van der Waals surface area contributed by atoms with Crippen molar-refractivity contribution >= 4 is 16.8 Å². The van der Waals surface area contributed by atoms with Crippen molar-refractivity contribution < 1.29 is 8.95 Å². The van der Waals surface area contributed by atoms with Gasteiger partial charge in [-0.05, 0) is 68.0 Å². The molecule has 2 bridgehead atoms. The van der Waals surface area contributed by atoms with Gasteiger partial charge >= 0.3 is 0 Å². The van der Waals surface area contributed by atoms with Gasteiger partial charge < -0.3 is 9.64 Å². The Balaban J connectivity index is 1.44. The Morgan fingerprint density at radius 1 is 1.17 bits per heavy atom. The molecule has 1 aliphatic carbocycles. The van der Waals surface area contributed by atoms with E-state index < -0.39 is 11.0 Å². The van der Waals surface area contributed by atoms with Crippen molar-refractivity contribution in [2.75, 3.05) is 12.3 Å². The number of benzene rings is 2. The van der Waals surface area contributed by atoms with Crippen LogP contribution < -0.4 is 4.74 Å². The van der Waals surface area contributed by atoms with E-state index in [0.29, 0.717) is 23.1 Å². The molecule has 148 valence electrons. The van der Waals surface area contributed by atoms with Gasteiger partial charge in [-0.2, -0.15) is 9.66 Å². The lowest BCUT2D eigenvalue weighted by molar-refractivity contribution is 0.152. The van der Waals surface area contributed by atoms with Crippen LogP contribution in [0.1, 0.15) is 42.4 Å². The van der Waals surface area contributed by atoms with Crippen molar-refractivity contribution in [1.82, 2.24) is 4.90 Å². The summed E-state index contributed by atoms with van der Waals surface area (Å²) in [5, 5.41) is 9.22. The average Bonchev–Trinajstić information content (AvgIpc) is 2.76.